The number of fused-ring (bicyclic) bond motifs is 1. The van der Waals surface area contributed by atoms with Crippen molar-refractivity contribution in [3.05, 3.63) is 66.5 Å². The average molecular weight is 379 g/mol. The fourth-order valence-electron chi connectivity index (χ4n) is 3.54. The maximum atomic E-state index is 13.2. The Labute approximate surface area is 162 Å². The number of carbonyl (C=O) groups excluding carboxylic acids is 1. The quantitative estimate of drug-likeness (QED) is 0.677. The van der Waals surface area contributed by atoms with Gasteiger partial charge in [-0.2, -0.15) is 10.1 Å². The van der Waals surface area contributed by atoms with Crippen LogP contribution < -0.4 is 10.6 Å². The van der Waals surface area contributed by atoms with Crippen LogP contribution in [0.4, 0.5) is 11.6 Å². The smallest absolute Gasteiger partial charge is 0.232 e. The van der Waals surface area contributed by atoms with Crippen molar-refractivity contribution >= 4 is 29.3 Å². The van der Waals surface area contributed by atoms with Gasteiger partial charge in [-0.1, -0.05) is 30.3 Å². The van der Waals surface area contributed by atoms with E-state index in [2.05, 4.69) is 45.0 Å². The van der Waals surface area contributed by atoms with Crippen molar-refractivity contribution in [3.8, 4) is 0 Å². The van der Waals surface area contributed by atoms with Gasteiger partial charge in [0.25, 0.3) is 0 Å². The molecular weight excluding hydrogens is 358 g/mol. The molecule has 3 aromatic rings. The van der Waals surface area contributed by atoms with Crippen molar-refractivity contribution in [2.24, 2.45) is 5.92 Å². The predicted octanol–water partition coefficient (Wildman–Crippen LogP) is 3.66. The van der Waals surface area contributed by atoms with Crippen molar-refractivity contribution in [3.63, 3.8) is 0 Å². The Morgan fingerprint density at radius 1 is 1.15 bits per heavy atom. The molecule has 0 fully saturated rings. The van der Waals surface area contributed by atoms with Crippen LogP contribution in [0.2, 0.25) is 0 Å². The Kier molecular flexibility index (Phi) is 4.85. The minimum absolute atomic E-state index is 0.0405. The molecule has 7 heteroatoms. The summed E-state index contributed by atoms with van der Waals surface area (Å²) in [5.41, 5.74) is 1.83. The molecule has 0 unspecified atom stereocenters. The molecule has 0 saturated heterocycles. The van der Waals surface area contributed by atoms with Gasteiger partial charge in [0.05, 0.1) is 12.0 Å². The van der Waals surface area contributed by atoms with E-state index in [1.165, 1.54) is 11.2 Å². The van der Waals surface area contributed by atoms with Crippen molar-refractivity contribution in [1.29, 1.82) is 0 Å². The molecule has 1 aliphatic rings. The molecule has 1 aliphatic heterocycles. The maximum absolute atomic E-state index is 13.2. The van der Waals surface area contributed by atoms with E-state index in [1.54, 1.807) is 11.8 Å². The molecule has 138 valence electrons. The van der Waals surface area contributed by atoms with Crippen LogP contribution in [-0.4, -0.2) is 33.0 Å². The molecule has 6 nitrogen and oxygen atoms in total. The molecule has 0 saturated carbocycles. The Balaban J connectivity index is 1.71. The van der Waals surface area contributed by atoms with Crippen LogP contribution in [0.15, 0.2) is 65.8 Å². The molecule has 27 heavy (non-hydrogen) atoms. The van der Waals surface area contributed by atoms with E-state index in [1.807, 2.05) is 48.2 Å². The molecule has 2 aromatic carbocycles. The first kappa shape index (κ1) is 17.6. The van der Waals surface area contributed by atoms with E-state index < -0.39 is 0 Å². The number of anilines is 2. The van der Waals surface area contributed by atoms with Crippen LogP contribution >= 0.6 is 11.8 Å². The number of hydrogen-bond acceptors (Lipinski definition) is 5. The first-order valence-electron chi connectivity index (χ1n) is 8.83. The average Bonchev–Trinajstić information content (AvgIpc) is 3.15. The topological polar surface area (TPSA) is 71.8 Å². The second-order valence-corrected chi connectivity index (χ2v) is 7.44. The predicted molar refractivity (Wildman–Crippen MR) is 108 cm³/mol. The van der Waals surface area contributed by atoms with Gasteiger partial charge in [0.15, 0.2) is 0 Å². The summed E-state index contributed by atoms with van der Waals surface area (Å²) in [5, 5.41) is 10.7. The highest BCUT2D eigenvalue weighted by molar-refractivity contribution is 7.98. The highest BCUT2D eigenvalue weighted by Gasteiger charge is 2.41. The summed E-state index contributed by atoms with van der Waals surface area (Å²) in [7, 11) is 0. The van der Waals surface area contributed by atoms with E-state index in [0.717, 1.165) is 11.3 Å². The Bertz CT molecular complexity index is 925. The summed E-state index contributed by atoms with van der Waals surface area (Å²) in [4.78, 5) is 18.7. The number of carbonyl (C=O) groups is 1. The maximum Gasteiger partial charge on any atom is 0.232 e. The normalized spacial score (nSPS) is 21.2. The summed E-state index contributed by atoms with van der Waals surface area (Å²) in [6.45, 7) is 2.01. The van der Waals surface area contributed by atoms with E-state index in [4.69, 9.17) is 0 Å². The van der Waals surface area contributed by atoms with E-state index in [-0.39, 0.29) is 23.9 Å². The molecule has 1 aromatic heterocycles. The number of hydrogen-bond donors (Lipinski definition) is 2. The van der Waals surface area contributed by atoms with Gasteiger partial charge in [-0.25, -0.2) is 4.68 Å². The highest BCUT2D eigenvalue weighted by Crippen LogP contribution is 2.36. The largest absolute Gasteiger partial charge is 0.351 e. The van der Waals surface area contributed by atoms with Crippen LogP contribution in [0.3, 0.4) is 0 Å². The van der Waals surface area contributed by atoms with Crippen LogP contribution in [0, 0.1) is 5.92 Å². The summed E-state index contributed by atoms with van der Waals surface area (Å²) < 4.78 is 1.81. The minimum Gasteiger partial charge on any atom is -0.351 e. The third kappa shape index (κ3) is 3.42. The second kappa shape index (κ2) is 7.44. The number of nitrogens with zero attached hydrogens (tertiary/aromatic N) is 3. The highest BCUT2D eigenvalue weighted by atomic mass is 32.2. The summed E-state index contributed by atoms with van der Waals surface area (Å²) in [5.74, 6) is 0.311. The number of nitrogens with one attached hydrogen (secondary N) is 2. The first-order chi connectivity index (χ1) is 13.2. The Morgan fingerprint density at radius 2 is 1.89 bits per heavy atom. The number of rotatable bonds is 4. The lowest BCUT2D eigenvalue weighted by atomic mass is 9.85. The molecule has 2 N–H and O–H groups in total. The summed E-state index contributed by atoms with van der Waals surface area (Å²) >= 11 is 1.69. The lowest BCUT2D eigenvalue weighted by molar-refractivity contribution is -0.121. The lowest BCUT2D eigenvalue weighted by Gasteiger charge is -2.36. The summed E-state index contributed by atoms with van der Waals surface area (Å²) in [6, 6.07) is 17.5. The number of benzene rings is 2. The van der Waals surface area contributed by atoms with E-state index in [0.29, 0.717) is 5.95 Å². The van der Waals surface area contributed by atoms with E-state index in [9.17, 15) is 4.79 Å². The first-order valence-corrected chi connectivity index (χ1v) is 10.1. The SMILES string of the molecule is CSc1ccc([C@@H]2[C@@H](C(=O)Nc3ccccc3)[C@H](C)Nc3ncnn32)cc1. The third-order valence-corrected chi connectivity index (χ3v) is 5.62. The van der Waals surface area contributed by atoms with Crippen LogP contribution in [0.5, 0.6) is 0 Å². The van der Waals surface area contributed by atoms with Crippen LogP contribution in [-0.2, 0) is 4.79 Å². The van der Waals surface area contributed by atoms with Crippen molar-refractivity contribution < 1.29 is 4.79 Å². The molecule has 0 aliphatic carbocycles. The zero-order valence-corrected chi connectivity index (χ0v) is 16.0. The molecule has 0 spiro atoms. The van der Waals surface area contributed by atoms with Crippen molar-refractivity contribution in [2.75, 3.05) is 16.9 Å². The number of para-hydroxylation sites is 1. The molecular formula is C20H21N5OS. The van der Waals surface area contributed by atoms with Gasteiger partial charge < -0.3 is 10.6 Å². The monoisotopic (exact) mass is 379 g/mol. The Morgan fingerprint density at radius 3 is 2.59 bits per heavy atom. The molecule has 2 heterocycles. The fraction of sp³-hybridized carbons (Fsp3) is 0.250. The van der Waals surface area contributed by atoms with Gasteiger partial charge in [0, 0.05) is 16.6 Å². The van der Waals surface area contributed by atoms with Gasteiger partial charge in [-0.3, -0.25) is 4.79 Å². The lowest BCUT2D eigenvalue weighted by Crippen LogP contribution is -2.46. The van der Waals surface area contributed by atoms with Gasteiger partial charge in [0.2, 0.25) is 11.9 Å². The van der Waals surface area contributed by atoms with Gasteiger partial charge in [-0.15, -0.1) is 11.8 Å². The second-order valence-electron chi connectivity index (χ2n) is 6.56. The standard InChI is InChI=1S/C20H21N5OS/c1-13-17(19(26)24-15-6-4-3-5-7-15)18(25-20(23-13)21-12-22-25)14-8-10-16(27-2)11-9-14/h3-13,17-18H,1-2H3,(H,24,26)(H,21,22,23)/t13-,17-,18+/m0/s1. The van der Waals surface area contributed by atoms with Crippen molar-refractivity contribution in [2.45, 2.75) is 23.9 Å². The van der Waals surface area contributed by atoms with Crippen LogP contribution in [0.25, 0.3) is 0 Å². The van der Waals surface area contributed by atoms with Gasteiger partial charge in [0.1, 0.15) is 6.33 Å². The van der Waals surface area contributed by atoms with Crippen molar-refractivity contribution in [1.82, 2.24) is 14.8 Å². The molecule has 4 rings (SSSR count). The molecule has 0 radical (unpaired) electrons. The number of amides is 1. The molecule has 3 atom stereocenters. The van der Waals surface area contributed by atoms with Gasteiger partial charge in [-0.05, 0) is 43.0 Å². The number of thioether (sulfide) groups is 1. The zero-order chi connectivity index (χ0) is 18.8. The fourth-order valence-corrected chi connectivity index (χ4v) is 3.95. The minimum atomic E-state index is -0.334. The Hall–Kier alpha value is -2.80. The van der Waals surface area contributed by atoms with E-state index >= 15 is 0 Å². The summed E-state index contributed by atoms with van der Waals surface area (Å²) in [6.07, 6.45) is 3.57. The zero-order valence-electron chi connectivity index (χ0n) is 15.2. The molecule has 0 bridgehead atoms. The molecule has 1 amide bonds. The van der Waals surface area contributed by atoms with Crippen LogP contribution in [0.1, 0.15) is 18.5 Å². The van der Waals surface area contributed by atoms with Gasteiger partial charge >= 0.3 is 0 Å². The third-order valence-electron chi connectivity index (χ3n) is 4.87. The number of aromatic nitrogens is 3.